The van der Waals surface area contributed by atoms with Crippen LogP contribution in [0.1, 0.15) is 42.3 Å². The lowest BCUT2D eigenvalue weighted by atomic mass is 10.3. The second-order valence-corrected chi connectivity index (χ2v) is 4.34. The van der Waals surface area contributed by atoms with E-state index in [1.54, 1.807) is 18.4 Å². The van der Waals surface area contributed by atoms with Gasteiger partial charge in [0.25, 0.3) is 0 Å². The molecule has 1 heterocycles. The second kappa shape index (κ2) is 5.44. The minimum Gasteiger partial charge on any atom is -0.374 e. The highest BCUT2D eigenvalue weighted by Crippen LogP contribution is 2.28. The molecule has 0 fully saturated rings. The molecule has 0 radical (unpaired) electrons. The number of aromatic nitrogens is 1. The first-order valence-corrected chi connectivity index (χ1v) is 5.70. The van der Waals surface area contributed by atoms with Crippen molar-refractivity contribution in [1.82, 2.24) is 10.3 Å². The summed E-state index contributed by atoms with van der Waals surface area (Å²) in [5, 5.41) is 4.28. The quantitative estimate of drug-likeness (QED) is 0.818. The fourth-order valence-electron chi connectivity index (χ4n) is 1.23. The number of hydrogen-bond acceptors (Lipinski definition) is 4. The van der Waals surface area contributed by atoms with Gasteiger partial charge in [0.05, 0.1) is 0 Å². The third-order valence-electron chi connectivity index (χ3n) is 2.33. The third kappa shape index (κ3) is 2.53. The lowest BCUT2D eigenvalue weighted by Crippen LogP contribution is -2.10. The van der Waals surface area contributed by atoms with Crippen LogP contribution in [0.4, 0.5) is 0 Å². The van der Waals surface area contributed by atoms with E-state index in [-0.39, 0.29) is 6.10 Å². The van der Waals surface area contributed by atoms with Crippen LogP contribution < -0.4 is 5.32 Å². The number of hydrogen-bond donors (Lipinski definition) is 1. The molecule has 80 valence electrons. The first-order chi connectivity index (χ1) is 6.72. The molecule has 0 saturated carbocycles. The minimum atomic E-state index is 0.151. The molecule has 0 bridgehead atoms. The van der Waals surface area contributed by atoms with Crippen LogP contribution >= 0.6 is 11.3 Å². The second-order valence-electron chi connectivity index (χ2n) is 3.24. The van der Waals surface area contributed by atoms with Gasteiger partial charge < -0.3 is 10.1 Å². The molecule has 1 rings (SSSR count). The highest BCUT2D eigenvalue weighted by atomic mass is 32.1. The van der Waals surface area contributed by atoms with Gasteiger partial charge in [-0.15, -0.1) is 11.3 Å². The smallest absolute Gasteiger partial charge is 0.122 e. The van der Waals surface area contributed by atoms with Crippen molar-refractivity contribution in [2.45, 2.75) is 32.4 Å². The summed E-state index contributed by atoms with van der Waals surface area (Å²) in [7, 11) is 3.69. The van der Waals surface area contributed by atoms with Crippen molar-refractivity contribution in [3.63, 3.8) is 0 Å². The number of nitrogens with one attached hydrogen (secondary N) is 1. The average molecular weight is 214 g/mol. The topological polar surface area (TPSA) is 34.1 Å². The fraction of sp³-hybridized carbons (Fsp3) is 0.700. The van der Waals surface area contributed by atoms with Gasteiger partial charge in [-0.2, -0.15) is 0 Å². The Morgan fingerprint density at radius 3 is 2.86 bits per heavy atom. The zero-order valence-corrected chi connectivity index (χ0v) is 10.0. The van der Waals surface area contributed by atoms with E-state index in [4.69, 9.17) is 4.74 Å². The molecule has 0 saturated heterocycles. The maximum absolute atomic E-state index is 5.34. The molecule has 3 nitrogen and oxygen atoms in total. The van der Waals surface area contributed by atoms with Gasteiger partial charge in [-0.1, -0.05) is 6.92 Å². The van der Waals surface area contributed by atoms with E-state index in [2.05, 4.69) is 24.1 Å². The molecule has 2 unspecified atom stereocenters. The fourth-order valence-corrected chi connectivity index (χ4v) is 2.38. The van der Waals surface area contributed by atoms with Crippen LogP contribution in [0.2, 0.25) is 0 Å². The lowest BCUT2D eigenvalue weighted by molar-refractivity contribution is 0.0998. The predicted octanol–water partition coefficient (Wildman–Crippen LogP) is 2.52. The number of ether oxygens (including phenoxy) is 1. The number of thiazole rings is 1. The average Bonchev–Trinajstić information content (AvgIpc) is 2.68. The zero-order valence-electron chi connectivity index (χ0n) is 9.20. The maximum atomic E-state index is 5.34. The first-order valence-electron chi connectivity index (χ1n) is 4.88. The van der Waals surface area contributed by atoms with E-state index in [0.29, 0.717) is 6.04 Å². The Balaban J connectivity index is 2.76. The van der Waals surface area contributed by atoms with E-state index < -0.39 is 0 Å². The molecule has 0 aliphatic heterocycles. The summed E-state index contributed by atoms with van der Waals surface area (Å²) in [5.41, 5.74) is 0. The molecule has 2 atom stereocenters. The molecule has 1 aromatic rings. The summed E-state index contributed by atoms with van der Waals surface area (Å²) in [6.45, 7) is 4.24. The molecular formula is C10H18N2OS. The Labute approximate surface area is 89.5 Å². The van der Waals surface area contributed by atoms with Gasteiger partial charge in [0, 0.05) is 24.2 Å². The highest BCUT2D eigenvalue weighted by molar-refractivity contribution is 7.11. The minimum absolute atomic E-state index is 0.151. The Morgan fingerprint density at radius 1 is 1.64 bits per heavy atom. The van der Waals surface area contributed by atoms with Crippen LogP contribution in [0, 0.1) is 0 Å². The van der Waals surface area contributed by atoms with E-state index in [9.17, 15) is 0 Å². The summed E-state index contributed by atoms with van der Waals surface area (Å²) in [6, 6.07) is 0.371. The van der Waals surface area contributed by atoms with Gasteiger partial charge in [0.15, 0.2) is 0 Å². The summed E-state index contributed by atoms with van der Waals surface area (Å²) < 4.78 is 5.34. The molecule has 0 aliphatic rings. The van der Waals surface area contributed by atoms with E-state index >= 15 is 0 Å². The molecule has 0 aromatic carbocycles. The van der Waals surface area contributed by atoms with Crippen molar-refractivity contribution in [2.75, 3.05) is 14.2 Å². The third-order valence-corrected chi connectivity index (χ3v) is 3.60. The van der Waals surface area contributed by atoms with Crippen molar-refractivity contribution >= 4 is 11.3 Å². The largest absolute Gasteiger partial charge is 0.374 e. The number of methoxy groups -OCH3 is 1. The van der Waals surface area contributed by atoms with Crippen molar-refractivity contribution < 1.29 is 4.74 Å². The van der Waals surface area contributed by atoms with Crippen LogP contribution in [-0.4, -0.2) is 19.1 Å². The first kappa shape index (κ1) is 11.6. The summed E-state index contributed by atoms with van der Waals surface area (Å²) in [4.78, 5) is 5.64. The molecule has 0 amide bonds. The Bertz CT molecular complexity index is 271. The van der Waals surface area contributed by atoms with E-state index in [1.807, 2.05) is 13.2 Å². The lowest BCUT2D eigenvalue weighted by Gasteiger charge is -2.09. The monoisotopic (exact) mass is 214 g/mol. The molecule has 0 aliphatic carbocycles. The van der Waals surface area contributed by atoms with Gasteiger partial charge in [-0.3, -0.25) is 0 Å². The van der Waals surface area contributed by atoms with Gasteiger partial charge in [0.2, 0.25) is 0 Å². The van der Waals surface area contributed by atoms with Gasteiger partial charge >= 0.3 is 0 Å². The molecule has 1 aromatic heterocycles. The number of rotatable bonds is 5. The zero-order chi connectivity index (χ0) is 10.6. The molecular weight excluding hydrogens is 196 g/mol. The van der Waals surface area contributed by atoms with Gasteiger partial charge in [-0.25, -0.2) is 4.98 Å². The maximum Gasteiger partial charge on any atom is 0.122 e. The molecule has 1 N–H and O–H groups in total. The summed E-state index contributed by atoms with van der Waals surface area (Å²) in [5.74, 6) is 0. The normalized spacial score (nSPS) is 15.4. The number of nitrogens with zero attached hydrogens (tertiary/aromatic N) is 1. The van der Waals surface area contributed by atoms with Crippen molar-refractivity contribution in [3.05, 3.63) is 16.1 Å². The van der Waals surface area contributed by atoms with E-state index in [1.165, 1.54) is 4.88 Å². The molecule has 4 heteroatoms. The predicted molar refractivity (Wildman–Crippen MR) is 59.6 cm³/mol. The van der Waals surface area contributed by atoms with Gasteiger partial charge in [-0.05, 0) is 20.4 Å². The van der Waals surface area contributed by atoms with Crippen LogP contribution in [0.15, 0.2) is 6.20 Å². The van der Waals surface area contributed by atoms with Crippen molar-refractivity contribution in [3.8, 4) is 0 Å². The SMILES string of the molecule is CCC(OC)c1ncc(C(C)NC)s1. The highest BCUT2D eigenvalue weighted by Gasteiger charge is 2.14. The Hall–Kier alpha value is -0.450. The standard InChI is InChI=1S/C10H18N2OS/c1-5-8(13-4)10-12-6-9(14-10)7(2)11-3/h6-8,11H,5H2,1-4H3. The van der Waals surface area contributed by atoms with Crippen molar-refractivity contribution in [1.29, 1.82) is 0 Å². The van der Waals surface area contributed by atoms with Crippen LogP contribution in [-0.2, 0) is 4.74 Å². The van der Waals surface area contributed by atoms with Crippen LogP contribution in [0.3, 0.4) is 0 Å². The van der Waals surface area contributed by atoms with Crippen LogP contribution in [0.25, 0.3) is 0 Å². The van der Waals surface area contributed by atoms with E-state index in [0.717, 1.165) is 11.4 Å². The summed E-state index contributed by atoms with van der Waals surface area (Å²) in [6.07, 6.45) is 3.05. The molecule has 0 spiro atoms. The van der Waals surface area contributed by atoms with Crippen molar-refractivity contribution in [2.24, 2.45) is 0 Å². The Morgan fingerprint density at radius 2 is 2.36 bits per heavy atom. The molecule has 14 heavy (non-hydrogen) atoms. The Kier molecular flexibility index (Phi) is 4.51. The van der Waals surface area contributed by atoms with Gasteiger partial charge in [0.1, 0.15) is 11.1 Å². The van der Waals surface area contributed by atoms with Crippen LogP contribution in [0.5, 0.6) is 0 Å². The summed E-state index contributed by atoms with van der Waals surface area (Å²) >= 11 is 1.72.